The van der Waals surface area contributed by atoms with Crippen LogP contribution in [0, 0.1) is 18.7 Å². The van der Waals surface area contributed by atoms with E-state index >= 15 is 0 Å². The van der Waals surface area contributed by atoms with E-state index in [1.165, 1.54) is 24.4 Å². The molecule has 0 saturated heterocycles. The molecule has 2 N–H and O–H groups in total. The summed E-state index contributed by atoms with van der Waals surface area (Å²) in [6.07, 6.45) is 1.68. The van der Waals surface area contributed by atoms with Gasteiger partial charge in [-0.1, -0.05) is 6.07 Å². The lowest BCUT2D eigenvalue weighted by molar-refractivity contribution is 0.0701. The molecule has 2 aromatic heterocycles. The summed E-state index contributed by atoms with van der Waals surface area (Å²) in [6, 6.07) is 6.75. The van der Waals surface area contributed by atoms with E-state index < -0.39 is 17.8 Å². The standard InChI is InChI=1S/C20H17F2N5O/c1-10-17-15(26-20(23)25-10)9-16(27(2)19(17)28)12-6-5-11(21)8-14(12)13-4-3-7-24-18(13)22/h3-8,16H,9H2,1-2H3,(H2,23,25,26). The minimum absolute atomic E-state index is 0.0880. The molecule has 28 heavy (non-hydrogen) atoms. The molecule has 4 rings (SSSR count). The Kier molecular flexibility index (Phi) is 4.26. The van der Waals surface area contributed by atoms with Crippen molar-refractivity contribution in [2.75, 3.05) is 12.8 Å². The maximum atomic E-state index is 14.3. The van der Waals surface area contributed by atoms with Crippen LogP contribution in [0.2, 0.25) is 0 Å². The van der Waals surface area contributed by atoms with Crippen LogP contribution in [0.15, 0.2) is 36.5 Å². The summed E-state index contributed by atoms with van der Waals surface area (Å²) in [4.78, 5) is 26.5. The first-order valence-electron chi connectivity index (χ1n) is 8.67. The van der Waals surface area contributed by atoms with E-state index in [4.69, 9.17) is 5.73 Å². The van der Waals surface area contributed by atoms with E-state index in [9.17, 15) is 13.6 Å². The van der Waals surface area contributed by atoms with Gasteiger partial charge in [0.15, 0.2) is 0 Å². The van der Waals surface area contributed by atoms with Gasteiger partial charge < -0.3 is 10.6 Å². The van der Waals surface area contributed by atoms with E-state index in [2.05, 4.69) is 15.0 Å². The van der Waals surface area contributed by atoms with Crippen LogP contribution in [0.5, 0.6) is 0 Å². The largest absolute Gasteiger partial charge is 0.368 e. The van der Waals surface area contributed by atoms with Gasteiger partial charge >= 0.3 is 0 Å². The van der Waals surface area contributed by atoms with Gasteiger partial charge in [-0.3, -0.25) is 4.79 Å². The Labute approximate surface area is 160 Å². The van der Waals surface area contributed by atoms with Gasteiger partial charge in [0.2, 0.25) is 11.9 Å². The summed E-state index contributed by atoms with van der Waals surface area (Å²) >= 11 is 0. The molecule has 8 heteroatoms. The lowest BCUT2D eigenvalue weighted by Crippen LogP contribution is -2.39. The Morgan fingerprint density at radius 3 is 2.71 bits per heavy atom. The first kappa shape index (κ1) is 18.0. The number of pyridine rings is 1. The molecule has 0 bridgehead atoms. The van der Waals surface area contributed by atoms with Crippen molar-refractivity contribution in [1.82, 2.24) is 19.9 Å². The molecule has 1 unspecified atom stereocenters. The van der Waals surface area contributed by atoms with Crippen LogP contribution in [0.3, 0.4) is 0 Å². The molecule has 0 spiro atoms. The second-order valence-electron chi connectivity index (χ2n) is 6.70. The summed E-state index contributed by atoms with van der Waals surface area (Å²) in [5.74, 6) is -1.38. The van der Waals surface area contributed by atoms with Gasteiger partial charge in [-0.05, 0) is 42.3 Å². The van der Waals surface area contributed by atoms with Gasteiger partial charge in [0.1, 0.15) is 5.82 Å². The topological polar surface area (TPSA) is 85.0 Å². The number of halogens is 2. The van der Waals surface area contributed by atoms with E-state index in [1.54, 1.807) is 31.0 Å². The van der Waals surface area contributed by atoms with Crippen molar-refractivity contribution in [3.63, 3.8) is 0 Å². The molecule has 0 radical (unpaired) electrons. The van der Waals surface area contributed by atoms with Crippen molar-refractivity contribution >= 4 is 11.9 Å². The number of aromatic nitrogens is 3. The monoisotopic (exact) mass is 381 g/mol. The second-order valence-corrected chi connectivity index (χ2v) is 6.70. The number of nitrogens with two attached hydrogens (primary N) is 1. The zero-order valence-corrected chi connectivity index (χ0v) is 15.3. The smallest absolute Gasteiger partial charge is 0.257 e. The minimum atomic E-state index is -0.707. The predicted octanol–water partition coefficient (Wildman–Crippen LogP) is 3.08. The maximum Gasteiger partial charge on any atom is 0.257 e. The molecule has 142 valence electrons. The van der Waals surface area contributed by atoms with Gasteiger partial charge in [-0.2, -0.15) is 4.39 Å². The number of amides is 1. The molecule has 0 fully saturated rings. The average molecular weight is 381 g/mol. The van der Waals surface area contributed by atoms with Crippen LogP contribution in [0.25, 0.3) is 11.1 Å². The van der Waals surface area contributed by atoms with Gasteiger partial charge in [0, 0.05) is 25.2 Å². The highest BCUT2D eigenvalue weighted by Gasteiger charge is 2.35. The lowest BCUT2D eigenvalue weighted by atomic mass is 9.88. The van der Waals surface area contributed by atoms with Crippen LogP contribution in [0.4, 0.5) is 14.7 Å². The number of benzene rings is 1. The minimum Gasteiger partial charge on any atom is -0.368 e. The Hall–Kier alpha value is -3.42. The molecule has 1 amide bonds. The molecule has 1 atom stereocenters. The Bertz CT molecular complexity index is 1100. The fourth-order valence-electron chi connectivity index (χ4n) is 3.68. The first-order chi connectivity index (χ1) is 13.4. The summed E-state index contributed by atoms with van der Waals surface area (Å²) in [7, 11) is 1.65. The van der Waals surface area contributed by atoms with Crippen molar-refractivity contribution < 1.29 is 13.6 Å². The third kappa shape index (κ3) is 2.87. The number of carbonyl (C=O) groups excluding carboxylic acids is 1. The maximum absolute atomic E-state index is 14.3. The zero-order valence-electron chi connectivity index (χ0n) is 15.3. The van der Waals surface area contributed by atoms with Gasteiger partial charge in [-0.25, -0.2) is 19.3 Å². The van der Waals surface area contributed by atoms with Crippen LogP contribution < -0.4 is 5.73 Å². The Morgan fingerprint density at radius 1 is 1.18 bits per heavy atom. The van der Waals surface area contributed by atoms with Crippen molar-refractivity contribution in [3.8, 4) is 11.1 Å². The summed E-state index contributed by atoms with van der Waals surface area (Å²) in [6.45, 7) is 1.71. The molecule has 6 nitrogen and oxygen atoms in total. The molecule has 3 heterocycles. The number of likely N-dealkylation sites (N-methyl/N-ethyl adjacent to an activating group) is 1. The quantitative estimate of drug-likeness (QED) is 0.690. The fraction of sp³-hybridized carbons (Fsp3) is 0.200. The second kappa shape index (κ2) is 6.63. The summed E-state index contributed by atoms with van der Waals surface area (Å²) in [5, 5.41) is 0. The highest BCUT2D eigenvalue weighted by atomic mass is 19.1. The predicted molar refractivity (Wildman–Crippen MR) is 99.3 cm³/mol. The van der Waals surface area contributed by atoms with Gasteiger partial charge in [0.05, 0.1) is 23.0 Å². The molecular formula is C20H17F2N5O. The Morgan fingerprint density at radius 2 is 1.96 bits per heavy atom. The number of hydrogen-bond donors (Lipinski definition) is 1. The van der Waals surface area contributed by atoms with Gasteiger partial charge in [0.25, 0.3) is 5.91 Å². The van der Waals surface area contributed by atoms with E-state index in [1.807, 2.05) is 0 Å². The molecule has 1 aliphatic rings. The zero-order chi connectivity index (χ0) is 20.0. The van der Waals surface area contributed by atoms with Crippen LogP contribution >= 0.6 is 0 Å². The van der Waals surface area contributed by atoms with Crippen molar-refractivity contribution in [1.29, 1.82) is 0 Å². The molecule has 1 aliphatic heterocycles. The highest BCUT2D eigenvalue weighted by Crippen LogP contribution is 2.38. The number of nitrogen functional groups attached to an aromatic ring is 1. The molecule has 0 aliphatic carbocycles. The lowest BCUT2D eigenvalue weighted by Gasteiger charge is -2.35. The summed E-state index contributed by atoms with van der Waals surface area (Å²) < 4.78 is 28.3. The van der Waals surface area contributed by atoms with Crippen molar-refractivity contribution in [2.24, 2.45) is 0 Å². The third-order valence-electron chi connectivity index (χ3n) is 4.99. The molecule has 0 saturated carbocycles. The number of aryl methyl sites for hydroxylation is 1. The first-order valence-corrected chi connectivity index (χ1v) is 8.67. The van der Waals surface area contributed by atoms with E-state index in [0.717, 1.165) is 0 Å². The normalized spacial score (nSPS) is 16.2. The van der Waals surface area contributed by atoms with Crippen molar-refractivity contribution in [2.45, 2.75) is 19.4 Å². The molecule has 3 aromatic rings. The number of anilines is 1. The highest BCUT2D eigenvalue weighted by molar-refractivity contribution is 5.97. The SMILES string of the molecule is Cc1nc(N)nc2c1C(=O)N(C)C(c1ccc(F)cc1-c1cccnc1F)C2. The van der Waals surface area contributed by atoms with Crippen molar-refractivity contribution in [3.05, 3.63) is 70.8 Å². The number of rotatable bonds is 2. The van der Waals surface area contributed by atoms with E-state index in [0.29, 0.717) is 34.5 Å². The Balaban J connectivity index is 1.88. The fourth-order valence-corrected chi connectivity index (χ4v) is 3.68. The number of fused-ring (bicyclic) bond motifs is 1. The van der Waals surface area contributed by atoms with E-state index in [-0.39, 0.29) is 17.4 Å². The average Bonchev–Trinajstić information content (AvgIpc) is 2.64. The molecule has 1 aromatic carbocycles. The third-order valence-corrected chi connectivity index (χ3v) is 4.99. The van der Waals surface area contributed by atoms with Crippen LogP contribution in [-0.4, -0.2) is 32.8 Å². The van der Waals surface area contributed by atoms with Crippen LogP contribution in [0.1, 0.15) is 33.4 Å². The molecular weight excluding hydrogens is 364 g/mol. The summed E-state index contributed by atoms with van der Waals surface area (Å²) in [5.41, 5.74) is 8.33. The number of nitrogens with zero attached hydrogens (tertiary/aromatic N) is 4. The number of hydrogen-bond acceptors (Lipinski definition) is 5. The van der Waals surface area contributed by atoms with Gasteiger partial charge in [-0.15, -0.1) is 0 Å². The van der Waals surface area contributed by atoms with Crippen LogP contribution in [-0.2, 0) is 6.42 Å². The number of carbonyl (C=O) groups is 1.